The second-order valence-electron chi connectivity index (χ2n) is 5.29. The van der Waals surface area contributed by atoms with E-state index in [4.69, 9.17) is 21.1 Å². The first-order chi connectivity index (χ1) is 8.54. The highest BCUT2D eigenvalue weighted by atomic mass is 35.5. The molecule has 0 atom stereocenters. The summed E-state index contributed by atoms with van der Waals surface area (Å²) in [6.07, 6.45) is 1.14. The first-order valence-electron chi connectivity index (χ1n) is 5.49. The van der Waals surface area contributed by atoms with E-state index in [1.165, 1.54) is 6.07 Å². The second-order valence-corrected chi connectivity index (χ2v) is 7.54. The third kappa shape index (κ3) is 4.22. The van der Waals surface area contributed by atoms with Gasteiger partial charge in [-0.2, -0.15) is 4.31 Å². The van der Waals surface area contributed by atoms with E-state index in [1.54, 1.807) is 0 Å². The quantitative estimate of drug-likeness (QED) is 0.899. The lowest BCUT2D eigenvalue weighted by molar-refractivity contribution is -0.137. The van der Waals surface area contributed by atoms with Crippen molar-refractivity contribution < 1.29 is 22.7 Å². The van der Waals surface area contributed by atoms with E-state index in [0.29, 0.717) is 0 Å². The predicted octanol–water partition coefficient (Wildman–Crippen LogP) is 2.05. The minimum atomic E-state index is -3.99. The van der Waals surface area contributed by atoms with Crippen molar-refractivity contribution in [3.8, 4) is 0 Å². The van der Waals surface area contributed by atoms with Crippen LogP contribution in [0.2, 0.25) is 5.22 Å². The molecule has 6 nitrogen and oxygen atoms in total. The number of hydrogen-bond donors (Lipinski definition) is 1. The van der Waals surface area contributed by atoms with Crippen molar-refractivity contribution in [3.63, 3.8) is 0 Å². The van der Waals surface area contributed by atoms with Crippen LogP contribution in [-0.2, 0) is 14.8 Å². The third-order valence-corrected chi connectivity index (χ3v) is 4.38. The Morgan fingerprint density at radius 1 is 1.47 bits per heavy atom. The maximum atomic E-state index is 12.3. The molecule has 0 aliphatic heterocycles. The molecule has 1 rings (SSSR count). The van der Waals surface area contributed by atoms with Crippen molar-refractivity contribution >= 4 is 27.6 Å². The van der Waals surface area contributed by atoms with Crippen LogP contribution in [0, 0.1) is 5.41 Å². The van der Waals surface area contributed by atoms with Crippen LogP contribution >= 0.6 is 11.6 Å². The molecular formula is C11H16ClNO5S. The van der Waals surface area contributed by atoms with Crippen LogP contribution in [-0.4, -0.2) is 36.9 Å². The van der Waals surface area contributed by atoms with Crippen LogP contribution in [0.25, 0.3) is 0 Å². The van der Waals surface area contributed by atoms with Crippen LogP contribution in [0.1, 0.15) is 20.8 Å². The molecule has 108 valence electrons. The van der Waals surface area contributed by atoms with Gasteiger partial charge in [0.05, 0.1) is 6.26 Å². The highest BCUT2D eigenvalue weighted by molar-refractivity contribution is 7.89. The Morgan fingerprint density at radius 2 is 2.05 bits per heavy atom. The first-order valence-corrected chi connectivity index (χ1v) is 7.31. The topological polar surface area (TPSA) is 87.8 Å². The zero-order valence-electron chi connectivity index (χ0n) is 10.9. The Hall–Kier alpha value is -1.05. The molecule has 1 N–H and O–H groups in total. The van der Waals surface area contributed by atoms with Crippen molar-refractivity contribution in [2.75, 3.05) is 13.1 Å². The predicted molar refractivity (Wildman–Crippen MR) is 69.6 cm³/mol. The summed E-state index contributed by atoms with van der Waals surface area (Å²) in [5, 5.41) is 8.57. The van der Waals surface area contributed by atoms with Crippen LogP contribution in [0.4, 0.5) is 0 Å². The number of carbonyl (C=O) groups is 1. The maximum absolute atomic E-state index is 12.3. The van der Waals surface area contributed by atoms with Gasteiger partial charge in [0.25, 0.3) is 0 Å². The van der Waals surface area contributed by atoms with Gasteiger partial charge in [0.2, 0.25) is 15.2 Å². The number of furan rings is 1. The van der Waals surface area contributed by atoms with Crippen LogP contribution < -0.4 is 0 Å². The number of aliphatic carboxylic acids is 1. The summed E-state index contributed by atoms with van der Waals surface area (Å²) in [6.45, 7) is 4.88. The molecule has 8 heteroatoms. The van der Waals surface area contributed by atoms with E-state index in [1.807, 2.05) is 20.8 Å². The molecule has 0 spiro atoms. The highest BCUT2D eigenvalue weighted by Crippen LogP contribution is 2.27. The third-order valence-electron chi connectivity index (χ3n) is 2.16. The lowest BCUT2D eigenvalue weighted by atomic mass is 9.97. The van der Waals surface area contributed by atoms with E-state index < -0.39 is 28.0 Å². The van der Waals surface area contributed by atoms with E-state index in [2.05, 4.69) is 0 Å². The Kier molecular flexibility index (Phi) is 4.65. The minimum absolute atomic E-state index is 0.0587. The monoisotopic (exact) mass is 309 g/mol. The average Bonchev–Trinajstić information content (AvgIpc) is 2.61. The number of sulfonamides is 1. The molecular weight excluding hydrogens is 294 g/mol. The van der Waals surface area contributed by atoms with Gasteiger partial charge < -0.3 is 9.52 Å². The van der Waals surface area contributed by atoms with Gasteiger partial charge >= 0.3 is 5.97 Å². The van der Waals surface area contributed by atoms with Gasteiger partial charge in [0.15, 0.2) is 0 Å². The highest BCUT2D eigenvalue weighted by Gasteiger charge is 2.32. The van der Waals surface area contributed by atoms with Gasteiger partial charge in [-0.1, -0.05) is 20.8 Å². The summed E-state index contributed by atoms with van der Waals surface area (Å²) in [5.41, 5.74) is -0.390. The van der Waals surface area contributed by atoms with Crippen LogP contribution in [0.15, 0.2) is 21.6 Å². The Morgan fingerprint density at radius 3 is 2.42 bits per heavy atom. The fraction of sp³-hybridized carbons (Fsp3) is 0.545. The number of carboxylic acid groups (broad SMARTS) is 1. The molecule has 19 heavy (non-hydrogen) atoms. The van der Waals surface area contributed by atoms with E-state index >= 15 is 0 Å². The van der Waals surface area contributed by atoms with Crippen LogP contribution in [0.5, 0.6) is 0 Å². The van der Waals surface area contributed by atoms with Gasteiger partial charge in [-0.15, -0.1) is 0 Å². The normalized spacial score (nSPS) is 12.9. The number of carboxylic acids is 1. The Labute approximate surface area is 117 Å². The molecule has 0 unspecified atom stereocenters. The molecule has 0 saturated heterocycles. The van der Waals surface area contributed by atoms with Gasteiger partial charge in [0.1, 0.15) is 11.4 Å². The van der Waals surface area contributed by atoms with Crippen LogP contribution in [0.3, 0.4) is 0 Å². The van der Waals surface area contributed by atoms with Gasteiger partial charge in [-0.3, -0.25) is 4.79 Å². The van der Waals surface area contributed by atoms with E-state index in [0.717, 1.165) is 10.6 Å². The molecule has 0 aromatic carbocycles. The van der Waals surface area contributed by atoms with Gasteiger partial charge in [-0.25, -0.2) is 8.42 Å². The number of rotatable bonds is 5. The molecule has 1 aromatic rings. The molecule has 1 heterocycles. The Balaban J connectivity index is 3.17. The molecule has 0 fully saturated rings. The zero-order chi connectivity index (χ0) is 14.8. The van der Waals surface area contributed by atoms with Crippen molar-refractivity contribution in [2.45, 2.75) is 25.7 Å². The molecule has 0 radical (unpaired) electrons. The molecule has 0 aliphatic carbocycles. The second kappa shape index (κ2) is 5.52. The largest absolute Gasteiger partial charge is 0.480 e. The summed E-state index contributed by atoms with van der Waals surface area (Å²) in [7, 11) is -3.99. The fourth-order valence-corrected chi connectivity index (χ4v) is 3.51. The minimum Gasteiger partial charge on any atom is -0.480 e. The SMILES string of the molecule is CC(C)(C)CN(CC(=O)O)S(=O)(=O)c1ccoc1Cl. The summed E-state index contributed by atoms with van der Waals surface area (Å²) in [6, 6.07) is 1.20. The van der Waals surface area contributed by atoms with Crippen molar-refractivity contribution in [2.24, 2.45) is 5.41 Å². The number of nitrogens with zero attached hydrogens (tertiary/aromatic N) is 1. The smallest absolute Gasteiger partial charge is 0.318 e. The van der Waals surface area contributed by atoms with E-state index in [9.17, 15) is 13.2 Å². The molecule has 0 saturated carbocycles. The summed E-state index contributed by atoms with van der Waals surface area (Å²) in [4.78, 5) is 10.6. The molecule has 0 amide bonds. The van der Waals surface area contributed by atoms with Gasteiger partial charge in [0, 0.05) is 6.54 Å². The standard InChI is InChI=1S/C11H16ClNO5S/c1-11(2,3)7-13(6-9(14)15)19(16,17)8-4-5-18-10(8)12/h4-5H,6-7H2,1-3H3,(H,14,15). The van der Waals surface area contributed by atoms with Crippen molar-refractivity contribution in [3.05, 3.63) is 17.5 Å². The fourth-order valence-electron chi connectivity index (χ4n) is 1.51. The summed E-state index contributed by atoms with van der Waals surface area (Å²) >= 11 is 5.66. The van der Waals surface area contributed by atoms with Gasteiger partial charge in [-0.05, 0) is 23.1 Å². The van der Waals surface area contributed by atoms with E-state index in [-0.39, 0.29) is 16.7 Å². The average molecular weight is 310 g/mol. The first kappa shape index (κ1) is 16.0. The lowest BCUT2D eigenvalue weighted by Gasteiger charge is -2.27. The zero-order valence-corrected chi connectivity index (χ0v) is 12.5. The lowest BCUT2D eigenvalue weighted by Crippen LogP contribution is -2.40. The van der Waals surface area contributed by atoms with Crippen molar-refractivity contribution in [1.29, 1.82) is 0 Å². The number of hydrogen-bond acceptors (Lipinski definition) is 4. The summed E-state index contributed by atoms with van der Waals surface area (Å²) in [5.74, 6) is -1.23. The molecule has 0 bridgehead atoms. The maximum Gasteiger partial charge on any atom is 0.318 e. The number of halogens is 1. The van der Waals surface area contributed by atoms with Crippen molar-refractivity contribution in [1.82, 2.24) is 4.31 Å². The molecule has 0 aliphatic rings. The summed E-state index contributed by atoms with van der Waals surface area (Å²) < 4.78 is 30.3. The molecule has 1 aromatic heterocycles. The Bertz CT molecular complexity index is 558.